The van der Waals surface area contributed by atoms with Gasteiger partial charge in [-0.25, -0.2) is 0 Å². The van der Waals surface area contributed by atoms with Gasteiger partial charge in [-0.05, 0) is 18.4 Å². The Bertz CT molecular complexity index is 383. The Hall–Kier alpha value is -1.35. The van der Waals surface area contributed by atoms with Crippen molar-refractivity contribution in [1.82, 2.24) is 5.32 Å². The zero-order valence-corrected chi connectivity index (χ0v) is 10.7. The largest absolute Gasteiger partial charge is 0.396 e. The molecule has 1 fully saturated rings. The fourth-order valence-electron chi connectivity index (χ4n) is 2.65. The minimum atomic E-state index is -0.0631. The van der Waals surface area contributed by atoms with Gasteiger partial charge in [0.25, 0.3) is 0 Å². The summed E-state index contributed by atoms with van der Waals surface area (Å²) in [4.78, 5) is 11.8. The Morgan fingerprint density at radius 1 is 1.22 bits per heavy atom. The summed E-state index contributed by atoms with van der Waals surface area (Å²) >= 11 is 0. The number of hydrogen-bond acceptors (Lipinski definition) is 2. The van der Waals surface area contributed by atoms with E-state index in [1.807, 2.05) is 30.3 Å². The molecule has 18 heavy (non-hydrogen) atoms. The number of carbonyl (C=O) groups excluding carboxylic acids is 1. The molecule has 1 saturated carbocycles. The summed E-state index contributed by atoms with van der Waals surface area (Å²) in [6.07, 6.45) is 4.79. The van der Waals surface area contributed by atoms with Gasteiger partial charge in [-0.1, -0.05) is 43.2 Å². The molecule has 1 aromatic rings. The number of carbonyl (C=O) groups is 1. The van der Waals surface area contributed by atoms with Crippen LogP contribution < -0.4 is 5.32 Å². The van der Waals surface area contributed by atoms with Crippen LogP contribution in [0.25, 0.3) is 0 Å². The van der Waals surface area contributed by atoms with Crippen LogP contribution in [0.1, 0.15) is 31.2 Å². The van der Waals surface area contributed by atoms with Gasteiger partial charge < -0.3 is 10.4 Å². The Morgan fingerprint density at radius 2 is 1.89 bits per heavy atom. The maximum absolute atomic E-state index is 11.8. The Balaban J connectivity index is 1.81. The molecule has 0 heterocycles. The standard InChI is InChI=1S/C15H21NO2/c17-12-15(8-4-5-9-15)11-16-14(18)10-13-6-2-1-3-7-13/h1-3,6-7,17H,4-5,8-12H2,(H,16,18). The van der Waals surface area contributed by atoms with E-state index in [0.717, 1.165) is 31.2 Å². The molecule has 1 aliphatic rings. The van der Waals surface area contributed by atoms with Crippen LogP contribution in [0.2, 0.25) is 0 Å². The fraction of sp³-hybridized carbons (Fsp3) is 0.533. The molecule has 0 radical (unpaired) electrons. The number of hydrogen-bond donors (Lipinski definition) is 2. The van der Waals surface area contributed by atoms with E-state index in [1.54, 1.807) is 0 Å². The lowest BCUT2D eigenvalue weighted by Crippen LogP contribution is -2.38. The van der Waals surface area contributed by atoms with Crippen molar-refractivity contribution in [3.63, 3.8) is 0 Å². The van der Waals surface area contributed by atoms with E-state index in [-0.39, 0.29) is 17.9 Å². The first-order valence-electron chi connectivity index (χ1n) is 6.66. The highest BCUT2D eigenvalue weighted by atomic mass is 16.3. The highest BCUT2D eigenvalue weighted by Crippen LogP contribution is 2.36. The van der Waals surface area contributed by atoms with Crippen molar-refractivity contribution in [3.8, 4) is 0 Å². The van der Waals surface area contributed by atoms with Crippen molar-refractivity contribution in [1.29, 1.82) is 0 Å². The minimum absolute atomic E-state index is 0.0425. The van der Waals surface area contributed by atoms with Gasteiger partial charge in [-0.2, -0.15) is 0 Å². The molecule has 0 saturated heterocycles. The Kier molecular flexibility index (Phi) is 4.37. The molecule has 0 aliphatic heterocycles. The van der Waals surface area contributed by atoms with Crippen molar-refractivity contribution in [2.24, 2.45) is 5.41 Å². The van der Waals surface area contributed by atoms with E-state index >= 15 is 0 Å². The molecule has 98 valence electrons. The average molecular weight is 247 g/mol. The van der Waals surface area contributed by atoms with Crippen LogP contribution in [0.4, 0.5) is 0 Å². The van der Waals surface area contributed by atoms with Crippen molar-refractivity contribution in [2.45, 2.75) is 32.1 Å². The zero-order chi connectivity index (χ0) is 12.8. The number of aliphatic hydroxyl groups is 1. The van der Waals surface area contributed by atoms with Crippen LogP contribution in [0.15, 0.2) is 30.3 Å². The first-order chi connectivity index (χ1) is 8.74. The van der Waals surface area contributed by atoms with Gasteiger partial charge >= 0.3 is 0 Å². The molecule has 3 heteroatoms. The van der Waals surface area contributed by atoms with Crippen LogP contribution in [0.5, 0.6) is 0 Å². The quantitative estimate of drug-likeness (QED) is 0.835. The zero-order valence-electron chi connectivity index (χ0n) is 10.7. The van der Waals surface area contributed by atoms with Gasteiger partial charge in [0.1, 0.15) is 0 Å². The monoisotopic (exact) mass is 247 g/mol. The highest BCUT2D eigenvalue weighted by Gasteiger charge is 2.33. The lowest BCUT2D eigenvalue weighted by molar-refractivity contribution is -0.121. The minimum Gasteiger partial charge on any atom is -0.396 e. The number of nitrogens with one attached hydrogen (secondary N) is 1. The van der Waals surface area contributed by atoms with E-state index in [0.29, 0.717) is 13.0 Å². The van der Waals surface area contributed by atoms with Crippen molar-refractivity contribution < 1.29 is 9.90 Å². The highest BCUT2D eigenvalue weighted by molar-refractivity contribution is 5.78. The molecule has 2 rings (SSSR count). The SMILES string of the molecule is O=C(Cc1ccccc1)NCC1(CO)CCCC1. The van der Waals surface area contributed by atoms with Gasteiger partial charge in [-0.3, -0.25) is 4.79 Å². The van der Waals surface area contributed by atoms with Crippen LogP contribution >= 0.6 is 0 Å². The van der Waals surface area contributed by atoms with Crippen LogP contribution in [-0.2, 0) is 11.2 Å². The normalized spacial score (nSPS) is 17.6. The molecular weight excluding hydrogens is 226 g/mol. The van der Waals surface area contributed by atoms with E-state index in [1.165, 1.54) is 0 Å². The molecule has 0 bridgehead atoms. The summed E-state index contributed by atoms with van der Waals surface area (Å²) in [5.41, 5.74) is 0.964. The smallest absolute Gasteiger partial charge is 0.224 e. The summed E-state index contributed by atoms with van der Waals surface area (Å²) in [6, 6.07) is 9.73. The summed E-state index contributed by atoms with van der Waals surface area (Å²) < 4.78 is 0. The van der Waals surface area contributed by atoms with Crippen molar-refractivity contribution in [2.75, 3.05) is 13.2 Å². The summed E-state index contributed by atoms with van der Waals surface area (Å²) in [5, 5.41) is 12.4. The second kappa shape index (κ2) is 6.01. The molecule has 1 amide bonds. The van der Waals surface area contributed by atoms with Crippen LogP contribution in [-0.4, -0.2) is 24.2 Å². The third kappa shape index (κ3) is 3.33. The van der Waals surface area contributed by atoms with E-state index in [2.05, 4.69) is 5.32 Å². The number of rotatable bonds is 5. The number of aliphatic hydroxyl groups excluding tert-OH is 1. The van der Waals surface area contributed by atoms with Gasteiger partial charge in [0, 0.05) is 12.0 Å². The van der Waals surface area contributed by atoms with E-state index in [9.17, 15) is 9.90 Å². The molecule has 0 aromatic heterocycles. The van der Waals surface area contributed by atoms with Gasteiger partial charge in [-0.15, -0.1) is 0 Å². The van der Waals surface area contributed by atoms with Gasteiger partial charge in [0.15, 0.2) is 0 Å². The molecular formula is C15H21NO2. The van der Waals surface area contributed by atoms with E-state index in [4.69, 9.17) is 0 Å². The van der Waals surface area contributed by atoms with E-state index < -0.39 is 0 Å². The van der Waals surface area contributed by atoms with Crippen LogP contribution in [0.3, 0.4) is 0 Å². The average Bonchev–Trinajstić information content (AvgIpc) is 2.87. The predicted molar refractivity (Wildman–Crippen MR) is 71.1 cm³/mol. The number of benzene rings is 1. The molecule has 3 nitrogen and oxygen atoms in total. The molecule has 0 unspecified atom stereocenters. The fourth-order valence-corrected chi connectivity index (χ4v) is 2.65. The first-order valence-corrected chi connectivity index (χ1v) is 6.66. The third-order valence-electron chi connectivity index (χ3n) is 3.87. The maximum atomic E-state index is 11.8. The molecule has 1 aromatic carbocycles. The predicted octanol–water partition coefficient (Wildman–Crippen LogP) is 1.90. The van der Waals surface area contributed by atoms with Crippen molar-refractivity contribution in [3.05, 3.63) is 35.9 Å². The molecule has 1 aliphatic carbocycles. The summed E-state index contributed by atoms with van der Waals surface area (Å²) in [6.45, 7) is 0.785. The lowest BCUT2D eigenvalue weighted by atomic mass is 9.87. The topological polar surface area (TPSA) is 49.3 Å². The second-order valence-electron chi connectivity index (χ2n) is 5.30. The molecule has 0 atom stereocenters. The second-order valence-corrected chi connectivity index (χ2v) is 5.30. The first kappa shape index (κ1) is 13.1. The molecule has 0 spiro atoms. The van der Waals surface area contributed by atoms with Crippen molar-refractivity contribution >= 4 is 5.91 Å². The molecule has 2 N–H and O–H groups in total. The maximum Gasteiger partial charge on any atom is 0.224 e. The summed E-state index contributed by atoms with van der Waals surface area (Å²) in [5.74, 6) is 0.0425. The van der Waals surface area contributed by atoms with Gasteiger partial charge in [0.05, 0.1) is 13.0 Å². The number of amides is 1. The van der Waals surface area contributed by atoms with Gasteiger partial charge in [0.2, 0.25) is 5.91 Å². The lowest BCUT2D eigenvalue weighted by Gasteiger charge is -2.26. The summed E-state index contributed by atoms with van der Waals surface area (Å²) in [7, 11) is 0. The van der Waals surface area contributed by atoms with Crippen LogP contribution in [0, 0.1) is 5.41 Å². The Morgan fingerprint density at radius 3 is 2.50 bits per heavy atom. The third-order valence-corrected chi connectivity index (χ3v) is 3.87. The Labute approximate surface area is 108 Å².